The Labute approximate surface area is 68.6 Å². The number of nitrogens with zero attached hydrogens (tertiary/aromatic N) is 2. The number of likely N-dealkylation sites (N-methyl/N-ethyl adjacent to an activating group) is 1. The summed E-state index contributed by atoms with van der Waals surface area (Å²) in [6.45, 7) is 8.13. The van der Waals surface area contributed by atoms with Crippen molar-refractivity contribution in [1.29, 1.82) is 5.26 Å². The van der Waals surface area contributed by atoms with Crippen LogP contribution in [0.2, 0.25) is 0 Å². The highest BCUT2D eigenvalue weighted by molar-refractivity contribution is 4.66. The highest BCUT2D eigenvalue weighted by atomic mass is 16.5. The minimum Gasteiger partial charge on any atom is -0.365 e. The number of nitriles is 1. The molecule has 0 aliphatic carbocycles. The quantitative estimate of drug-likeness (QED) is 0.535. The van der Waals surface area contributed by atoms with Gasteiger partial charge in [0.25, 0.3) is 0 Å². The van der Waals surface area contributed by atoms with Gasteiger partial charge in [0.2, 0.25) is 0 Å². The van der Waals surface area contributed by atoms with E-state index in [0.717, 1.165) is 19.6 Å². The van der Waals surface area contributed by atoms with E-state index in [1.54, 1.807) is 0 Å². The SMILES string of the molecule is CCN(CC)CCOCC#N. The fraction of sp³-hybridized carbons (Fsp3) is 0.875. The van der Waals surface area contributed by atoms with E-state index in [0.29, 0.717) is 6.61 Å². The lowest BCUT2D eigenvalue weighted by atomic mass is 10.5. The average Bonchev–Trinajstić information content (AvgIpc) is 2.05. The van der Waals surface area contributed by atoms with Crippen molar-refractivity contribution in [3.05, 3.63) is 0 Å². The van der Waals surface area contributed by atoms with Gasteiger partial charge in [0.1, 0.15) is 6.61 Å². The molecule has 64 valence electrons. The van der Waals surface area contributed by atoms with Gasteiger partial charge in [0, 0.05) is 6.54 Å². The molecule has 0 N–H and O–H groups in total. The fourth-order valence-corrected chi connectivity index (χ4v) is 0.851. The normalized spacial score (nSPS) is 10.0. The average molecular weight is 156 g/mol. The molecule has 0 saturated heterocycles. The minimum atomic E-state index is 0.210. The van der Waals surface area contributed by atoms with Gasteiger partial charge in [0.15, 0.2) is 0 Å². The van der Waals surface area contributed by atoms with E-state index in [2.05, 4.69) is 18.7 Å². The summed E-state index contributed by atoms with van der Waals surface area (Å²) < 4.78 is 5.01. The summed E-state index contributed by atoms with van der Waals surface area (Å²) in [6, 6.07) is 1.94. The molecule has 0 spiro atoms. The second-order valence-corrected chi connectivity index (χ2v) is 2.24. The molecule has 0 aliphatic heterocycles. The molecule has 0 bridgehead atoms. The Morgan fingerprint density at radius 3 is 2.45 bits per heavy atom. The van der Waals surface area contributed by atoms with E-state index >= 15 is 0 Å². The smallest absolute Gasteiger partial charge is 0.133 e. The maximum atomic E-state index is 8.16. The fourth-order valence-electron chi connectivity index (χ4n) is 0.851. The second kappa shape index (κ2) is 7.52. The van der Waals surface area contributed by atoms with Gasteiger partial charge in [-0.05, 0) is 13.1 Å². The third-order valence-electron chi connectivity index (χ3n) is 1.61. The molecule has 0 heterocycles. The van der Waals surface area contributed by atoms with Crippen molar-refractivity contribution in [2.45, 2.75) is 13.8 Å². The number of rotatable bonds is 6. The number of hydrogen-bond donors (Lipinski definition) is 0. The minimum absolute atomic E-state index is 0.210. The van der Waals surface area contributed by atoms with Gasteiger partial charge in [-0.25, -0.2) is 0 Å². The molecule has 0 aromatic carbocycles. The molecule has 0 fully saturated rings. The Morgan fingerprint density at radius 1 is 1.36 bits per heavy atom. The predicted octanol–water partition coefficient (Wildman–Crippen LogP) is 0.868. The maximum absolute atomic E-state index is 8.16. The lowest BCUT2D eigenvalue weighted by Gasteiger charge is -2.16. The molecule has 0 atom stereocenters. The van der Waals surface area contributed by atoms with Crippen molar-refractivity contribution >= 4 is 0 Å². The van der Waals surface area contributed by atoms with Gasteiger partial charge in [-0.3, -0.25) is 0 Å². The molecule has 0 rings (SSSR count). The zero-order chi connectivity index (χ0) is 8.53. The Bertz CT molecular complexity index is 116. The van der Waals surface area contributed by atoms with Crippen LogP contribution in [0.1, 0.15) is 13.8 Å². The standard InChI is InChI=1S/C8H16N2O/c1-3-10(4-2)6-8-11-7-5-9/h3-4,6-8H2,1-2H3. The van der Waals surface area contributed by atoms with Gasteiger partial charge in [-0.1, -0.05) is 13.8 Å². The molecule has 0 aliphatic rings. The predicted molar refractivity (Wildman–Crippen MR) is 44.2 cm³/mol. The van der Waals surface area contributed by atoms with Crippen LogP contribution in [0.3, 0.4) is 0 Å². The maximum Gasteiger partial charge on any atom is 0.133 e. The van der Waals surface area contributed by atoms with E-state index < -0.39 is 0 Å². The molecular weight excluding hydrogens is 140 g/mol. The molecule has 0 saturated carbocycles. The van der Waals surface area contributed by atoms with Crippen LogP contribution in [0.4, 0.5) is 0 Å². The van der Waals surface area contributed by atoms with Gasteiger partial charge >= 0.3 is 0 Å². The number of hydrogen-bond acceptors (Lipinski definition) is 3. The van der Waals surface area contributed by atoms with E-state index in [9.17, 15) is 0 Å². The van der Waals surface area contributed by atoms with Crippen LogP contribution in [-0.2, 0) is 4.74 Å². The monoisotopic (exact) mass is 156 g/mol. The largest absolute Gasteiger partial charge is 0.365 e. The highest BCUT2D eigenvalue weighted by Crippen LogP contribution is 1.85. The van der Waals surface area contributed by atoms with Crippen LogP contribution in [-0.4, -0.2) is 37.7 Å². The first-order valence-corrected chi connectivity index (χ1v) is 4.02. The van der Waals surface area contributed by atoms with E-state index in [4.69, 9.17) is 10.00 Å². The van der Waals surface area contributed by atoms with Crippen molar-refractivity contribution in [3.63, 3.8) is 0 Å². The summed E-state index contributed by atoms with van der Waals surface area (Å²) in [6.07, 6.45) is 0. The molecule has 0 aromatic heterocycles. The first-order chi connectivity index (χ1) is 5.35. The van der Waals surface area contributed by atoms with Crippen molar-refractivity contribution < 1.29 is 4.74 Å². The summed E-state index contributed by atoms with van der Waals surface area (Å²) >= 11 is 0. The lowest BCUT2D eigenvalue weighted by Crippen LogP contribution is -2.27. The summed E-state index contributed by atoms with van der Waals surface area (Å²) in [5.41, 5.74) is 0. The van der Waals surface area contributed by atoms with Crippen molar-refractivity contribution in [2.75, 3.05) is 32.8 Å². The van der Waals surface area contributed by atoms with Crippen LogP contribution in [0.25, 0.3) is 0 Å². The van der Waals surface area contributed by atoms with Crippen LogP contribution in [0.5, 0.6) is 0 Å². The molecular formula is C8H16N2O. The Kier molecular flexibility index (Phi) is 7.11. The van der Waals surface area contributed by atoms with Gasteiger partial charge in [-0.2, -0.15) is 5.26 Å². The Balaban J connectivity index is 3.16. The van der Waals surface area contributed by atoms with Crippen molar-refractivity contribution in [2.24, 2.45) is 0 Å². The first kappa shape index (κ1) is 10.4. The van der Waals surface area contributed by atoms with Crippen molar-refractivity contribution in [1.82, 2.24) is 4.90 Å². The van der Waals surface area contributed by atoms with E-state index in [1.165, 1.54) is 0 Å². The van der Waals surface area contributed by atoms with Crippen LogP contribution in [0.15, 0.2) is 0 Å². The van der Waals surface area contributed by atoms with Gasteiger partial charge in [-0.15, -0.1) is 0 Å². The van der Waals surface area contributed by atoms with Gasteiger partial charge in [0.05, 0.1) is 12.7 Å². The van der Waals surface area contributed by atoms with Gasteiger partial charge < -0.3 is 9.64 Å². The van der Waals surface area contributed by atoms with Crippen LogP contribution in [0, 0.1) is 11.3 Å². The first-order valence-electron chi connectivity index (χ1n) is 4.02. The van der Waals surface area contributed by atoms with Crippen LogP contribution < -0.4 is 0 Å². The molecule has 3 heteroatoms. The Hall–Kier alpha value is -0.590. The summed E-state index contributed by atoms with van der Waals surface area (Å²) in [5.74, 6) is 0. The summed E-state index contributed by atoms with van der Waals surface area (Å²) in [7, 11) is 0. The van der Waals surface area contributed by atoms with E-state index in [-0.39, 0.29) is 6.61 Å². The number of ether oxygens (including phenoxy) is 1. The Morgan fingerprint density at radius 2 is 2.00 bits per heavy atom. The topological polar surface area (TPSA) is 36.3 Å². The molecule has 0 aromatic rings. The summed E-state index contributed by atoms with van der Waals surface area (Å²) in [5, 5.41) is 8.16. The summed E-state index contributed by atoms with van der Waals surface area (Å²) in [4.78, 5) is 2.26. The zero-order valence-electron chi connectivity index (χ0n) is 7.34. The molecule has 0 amide bonds. The van der Waals surface area contributed by atoms with Crippen LogP contribution >= 0.6 is 0 Å². The lowest BCUT2D eigenvalue weighted by molar-refractivity contribution is 0.131. The zero-order valence-corrected chi connectivity index (χ0v) is 7.34. The molecule has 0 radical (unpaired) electrons. The van der Waals surface area contributed by atoms with Crippen molar-refractivity contribution in [3.8, 4) is 6.07 Å². The molecule has 0 unspecified atom stereocenters. The highest BCUT2D eigenvalue weighted by Gasteiger charge is 1.96. The third kappa shape index (κ3) is 5.84. The van der Waals surface area contributed by atoms with E-state index in [1.807, 2.05) is 6.07 Å². The molecule has 3 nitrogen and oxygen atoms in total. The molecule has 11 heavy (non-hydrogen) atoms. The third-order valence-corrected chi connectivity index (χ3v) is 1.61. The second-order valence-electron chi connectivity index (χ2n) is 2.24.